The second-order valence-corrected chi connectivity index (χ2v) is 6.72. The van der Waals surface area contributed by atoms with Gasteiger partial charge in [-0.3, -0.25) is 0 Å². The van der Waals surface area contributed by atoms with Gasteiger partial charge in [-0.2, -0.15) is 5.10 Å². The van der Waals surface area contributed by atoms with Crippen LogP contribution < -0.4 is 15.4 Å². The van der Waals surface area contributed by atoms with Crippen LogP contribution in [0.15, 0.2) is 53.7 Å². The van der Waals surface area contributed by atoms with Crippen LogP contribution >= 0.6 is 24.0 Å². The van der Waals surface area contributed by atoms with E-state index >= 15 is 0 Å². The van der Waals surface area contributed by atoms with Gasteiger partial charge < -0.3 is 15.4 Å². The van der Waals surface area contributed by atoms with Crippen molar-refractivity contribution < 1.29 is 4.74 Å². The average molecular weight is 520 g/mol. The second-order valence-electron chi connectivity index (χ2n) is 6.72. The normalized spacial score (nSPS) is 11.0. The Morgan fingerprint density at radius 1 is 1.13 bits per heavy atom. The lowest BCUT2D eigenvalue weighted by molar-refractivity contribution is 0.409. The number of nitrogens with one attached hydrogen (secondary N) is 2. The number of hydrogen-bond donors (Lipinski definition) is 2. The molecule has 160 valence electrons. The molecule has 0 fully saturated rings. The van der Waals surface area contributed by atoms with Gasteiger partial charge in [-0.15, -0.1) is 24.0 Å². The fourth-order valence-electron chi connectivity index (χ4n) is 3.04. The quantitative estimate of drug-likeness (QED) is 0.282. The summed E-state index contributed by atoms with van der Waals surface area (Å²) in [6.07, 6.45) is 1.85. The van der Waals surface area contributed by atoms with Crippen LogP contribution in [0.3, 0.4) is 0 Å². The molecule has 2 aromatic heterocycles. The Balaban J connectivity index is 0.00000320. The Bertz CT molecular complexity index is 968. The molecular formula is C22H29IN6O. The fraction of sp³-hybridized carbons (Fsp3) is 0.318. The van der Waals surface area contributed by atoms with Crippen LogP contribution in [0.4, 0.5) is 0 Å². The van der Waals surface area contributed by atoms with Crippen molar-refractivity contribution in [3.05, 3.63) is 71.2 Å². The molecule has 0 aliphatic carbocycles. The zero-order valence-electron chi connectivity index (χ0n) is 17.8. The van der Waals surface area contributed by atoms with E-state index in [4.69, 9.17) is 4.74 Å². The third kappa shape index (κ3) is 6.19. The number of para-hydroxylation sites is 1. The first-order valence-corrected chi connectivity index (χ1v) is 9.73. The summed E-state index contributed by atoms with van der Waals surface area (Å²) in [5, 5.41) is 11.1. The number of aromatic nitrogens is 3. The van der Waals surface area contributed by atoms with Crippen LogP contribution in [-0.2, 0) is 13.1 Å². The van der Waals surface area contributed by atoms with E-state index in [0.717, 1.165) is 46.6 Å². The molecule has 2 N–H and O–H groups in total. The van der Waals surface area contributed by atoms with Crippen LogP contribution in [0, 0.1) is 13.8 Å². The molecule has 30 heavy (non-hydrogen) atoms. The lowest BCUT2D eigenvalue weighted by Gasteiger charge is -2.13. The van der Waals surface area contributed by atoms with Gasteiger partial charge in [0.15, 0.2) is 11.8 Å². The third-order valence-corrected chi connectivity index (χ3v) is 4.44. The maximum absolute atomic E-state index is 5.41. The standard InChI is InChI=1S/C22H28N6O.HI/c1-5-23-22(26-15-19-8-6-7-9-20(19)29-4)25-14-18-10-11-21(24-13-18)28-17(3)12-16(2)27-28;/h6-13H,5,14-15H2,1-4H3,(H2,23,25,26);1H. The minimum absolute atomic E-state index is 0. The SMILES string of the molecule is CCNC(=NCc1ccc(-n2nc(C)cc2C)nc1)NCc1ccccc1OC.I. The Morgan fingerprint density at radius 2 is 1.93 bits per heavy atom. The predicted molar refractivity (Wildman–Crippen MR) is 131 cm³/mol. The summed E-state index contributed by atoms with van der Waals surface area (Å²) < 4.78 is 7.26. The Kier molecular flexibility index (Phi) is 9.10. The van der Waals surface area contributed by atoms with Gasteiger partial charge in [-0.05, 0) is 44.5 Å². The molecule has 7 nitrogen and oxygen atoms in total. The molecule has 0 atom stereocenters. The smallest absolute Gasteiger partial charge is 0.191 e. The van der Waals surface area contributed by atoms with Crippen molar-refractivity contribution in [3.8, 4) is 11.6 Å². The van der Waals surface area contributed by atoms with E-state index < -0.39 is 0 Å². The van der Waals surface area contributed by atoms with Crippen LogP contribution in [-0.4, -0.2) is 34.4 Å². The lowest BCUT2D eigenvalue weighted by Crippen LogP contribution is -2.36. The number of methoxy groups -OCH3 is 1. The number of hydrogen-bond acceptors (Lipinski definition) is 4. The Labute approximate surface area is 195 Å². The molecule has 0 saturated heterocycles. The zero-order valence-corrected chi connectivity index (χ0v) is 20.2. The molecule has 0 bridgehead atoms. The van der Waals surface area contributed by atoms with Gasteiger partial charge in [-0.1, -0.05) is 24.3 Å². The van der Waals surface area contributed by atoms with Crippen molar-refractivity contribution in [3.63, 3.8) is 0 Å². The summed E-state index contributed by atoms with van der Waals surface area (Å²) in [5.41, 5.74) is 4.16. The molecule has 0 radical (unpaired) electrons. The topological polar surface area (TPSA) is 76.4 Å². The zero-order chi connectivity index (χ0) is 20.6. The number of pyridine rings is 1. The van der Waals surface area contributed by atoms with Crippen LogP contribution in [0.1, 0.15) is 29.4 Å². The van der Waals surface area contributed by atoms with E-state index in [1.165, 1.54) is 0 Å². The van der Waals surface area contributed by atoms with Gasteiger partial charge in [0.05, 0.1) is 19.3 Å². The van der Waals surface area contributed by atoms with E-state index in [0.29, 0.717) is 13.1 Å². The molecule has 2 heterocycles. The number of benzene rings is 1. The van der Waals surface area contributed by atoms with Gasteiger partial charge in [0.1, 0.15) is 5.75 Å². The summed E-state index contributed by atoms with van der Waals surface area (Å²) in [4.78, 5) is 9.21. The Morgan fingerprint density at radius 3 is 2.57 bits per heavy atom. The molecule has 3 rings (SSSR count). The first-order chi connectivity index (χ1) is 14.1. The van der Waals surface area contributed by atoms with Gasteiger partial charge >= 0.3 is 0 Å². The summed E-state index contributed by atoms with van der Waals surface area (Å²) in [6.45, 7) is 8.00. The van der Waals surface area contributed by atoms with Crippen LogP contribution in [0.2, 0.25) is 0 Å². The number of rotatable bonds is 7. The van der Waals surface area contributed by atoms with Crippen molar-refractivity contribution in [2.45, 2.75) is 33.9 Å². The highest BCUT2D eigenvalue weighted by molar-refractivity contribution is 14.0. The number of ether oxygens (including phenoxy) is 1. The van der Waals surface area contributed by atoms with Crippen LogP contribution in [0.5, 0.6) is 5.75 Å². The maximum Gasteiger partial charge on any atom is 0.191 e. The van der Waals surface area contributed by atoms with E-state index in [-0.39, 0.29) is 24.0 Å². The second kappa shape index (κ2) is 11.5. The Hall–Kier alpha value is -2.62. The summed E-state index contributed by atoms with van der Waals surface area (Å²) >= 11 is 0. The van der Waals surface area contributed by atoms with E-state index in [2.05, 4.69) is 25.7 Å². The molecule has 0 aliphatic rings. The average Bonchev–Trinajstić information content (AvgIpc) is 3.08. The highest BCUT2D eigenvalue weighted by atomic mass is 127. The number of aliphatic imine (C=N–C) groups is 1. The van der Waals surface area contributed by atoms with Gasteiger partial charge in [0, 0.05) is 30.5 Å². The molecule has 0 saturated carbocycles. The summed E-state index contributed by atoms with van der Waals surface area (Å²) in [6, 6.07) is 14.0. The van der Waals surface area contributed by atoms with Crippen LogP contribution in [0.25, 0.3) is 5.82 Å². The lowest BCUT2D eigenvalue weighted by atomic mass is 10.2. The number of halogens is 1. The molecule has 0 spiro atoms. The minimum Gasteiger partial charge on any atom is -0.496 e. The van der Waals surface area contributed by atoms with Crippen molar-refractivity contribution in [1.82, 2.24) is 25.4 Å². The molecule has 0 aliphatic heterocycles. The monoisotopic (exact) mass is 520 g/mol. The summed E-state index contributed by atoms with van der Waals surface area (Å²) in [7, 11) is 1.68. The van der Waals surface area contributed by atoms with Crippen molar-refractivity contribution in [2.24, 2.45) is 4.99 Å². The highest BCUT2D eigenvalue weighted by Crippen LogP contribution is 2.16. The third-order valence-electron chi connectivity index (χ3n) is 4.44. The largest absolute Gasteiger partial charge is 0.496 e. The first kappa shape index (κ1) is 23.7. The molecule has 0 unspecified atom stereocenters. The molecule has 8 heteroatoms. The first-order valence-electron chi connectivity index (χ1n) is 9.73. The van der Waals surface area contributed by atoms with E-state index in [1.54, 1.807) is 7.11 Å². The molecular weight excluding hydrogens is 491 g/mol. The fourth-order valence-corrected chi connectivity index (χ4v) is 3.04. The van der Waals surface area contributed by atoms with E-state index in [1.807, 2.05) is 74.1 Å². The van der Waals surface area contributed by atoms with Crippen molar-refractivity contribution >= 4 is 29.9 Å². The van der Waals surface area contributed by atoms with Gasteiger partial charge in [-0.25, -0.2) is 14.7 Å². The van der Waals surface area contributed by atoms with Crippen molar-refractivity contribution in [2.75, 3.05) is 13.7 Å². The number of aryl methyl sites for hydroxylation is 2. The summed E-state index contributed by atoms with van der Waals surface area (Å²) in [5.74, 6) is 2.42. The maximum atomic E-state index is 5.41. The van der Waals surface area contributed by atoms with Crippen molar-refractivity contribution in [1.29, 1.82) is 0 Å². The van der Waals surface area contributed by atoms with Gasteiger partial charge in [0.25, 0.3) is 0 Å². The number of nitrogens with zero attached hydrogens (tertiary/aromatic N) is 4. The minimum atomic E-state index is 0. The molecule has 3 aromatic rings. The number of guanidine groups is 1. The molecule has 1 aromatic carbocycles. The van der Waals surface area contributed by atoms with E-state index in [9.17, 15) is 0 Å². The molecule has 0 amide bonds. The van der Waals surface area contributed by atoms with Gasteiger partial charge in [0.2, 0.25) is 0 Å². The highest BCUT2D eigenvalue weighted by Gasteiger charge is 2.06. The predicted octanol–water partition coefficient (Wildman–Crippen LogP) is 3.77.